The Morgan fingerprint density at radius 1 is 1.20 bits per heavy atom. The highest BCUT2D eigenvalue weighted by Gasteiger charge is 2.46. The second kappa shape index (κ2) is 9.51. The molecule has 0 spiro atoms. The van der Waals surface area contributed by atoms with Crippen molar-refractivity contribution in [2.45, 2.75) is 64.0 Å². The summed E-state index contributed by atoms with van der Waals surface area (Å²) in [5.41, 5.74) is 0.642. The molecule has 5 amide bonds. The van der Waals surface area contributed by atoms with Gasteiger partial charge in [-0.05, 0) is 30.5 Å². The van der Waals surface area contributed by atoms with E-state index in [0.29, 0.717) is 16.5 Å². The smallest absolute Gasteiger partial charge is 0.261 e. The van der Waals surface area contributed by atoms with Gasteiger partial charge < -0.3 is 5.32 Å². The van der Waals surface area contributed by atoms with Gasteiger partial charge in [-0.3, -0.25) is 34.2 Å². The maximum atomic E-state index is 13.2. The Bertz CT molecular complexity index is 901. The second-order valence-corrected chi connectivity index (χ2v) is 8.44. The van der Waals surface area contributed by atoms with Gasteiger partial charge in [-0.15, -0.1) is 0 Å². The molecule has 9 heteroatoms. The average molecular weight is 478 g/mol. The van der Waals surface area contributed by atoms with E-state index < -0.39 is 35.7 Å². The predicted molar refractivity (Wildman–Crippen MR) is 111 cm³/mol. The summed E-state index contributed by atoms with van der Waals surface area (Å²) < 4.78 is 0.636. The number of hydrogen-bond donors (Lipinski definition) is 2. The molecule has 8 nitrogen and oxygen atoms in total. The molecular weight excluding hydrogens is 454 g/mol. The number of rotatable bonds is 7. The van der Waals surface area contributed by atoms with E-state index in [1.54, 1.807) is 18.2 Å². The number of unbranched alkanes of at least 4 members (excludes halogenated alkanes) is 3. The molecule has 0 radical (unpaired) electrons. The molecule has 2 heterocycles. The van der Waals surface area contributed by atoms with Crippen LogP contribution in [0.1, 0.15) is 73.8 Å². The van der Waals surface area contributed by atoms with Crippen LogP contribution in [0.3, 0.4) is 0 Å². The summed E-state index contributed by atoms with van der Waals surface area (Å²) >= 11 is 3.32. The van der Waals surface area contributed by atoms with E-state index in [9.17, 15) is 24.0 Å². The van der Waals surface area contributed by atoms with E-state index in [1.165, 1.54) is 0 Å². The Kier molecular flexibility index (Phi) is 7.02. The molecule has 0 bridgehead atoms. The number of nitrogens with zero attached hydrogens (tertiary/aromatic N) is 1. The van der Waals surface area contributed by atoms with Gasteiger partial charge in [0.1, 0.15) is 12.1 Å². The summed E-state index contributed by atoms with van der Waals surface area (Å²) in [6.45, 7) is 2.08. The van der Waals surface area contributed by atoms with Crippen LogP contribution in [0.25, 0.3) is 0 Å². The zero-order valence-corrected chi connectivity index (χ0v) is 18.3. The van der Waals surface area contributed by atoms with Crippen LogP contribution in [-0.2, 0) is 19.2 Å². The third-order valence-corrected chi connectivity index (χ3v) is 5.84. The van der Waals surface area contributed by atoms with E-state index >= 15 is 0 Å². The molecular formula is C21H24BrN3O5. The Balaban J connectivity index is 1.88. The minimum absolute atomic E-state index is 0.0350. The van der Waals surface area contributed by atoms with Crippen LogP contribution < -0.4 is 10.6 Å². The van der Waals surface area contributed by atoms with Crippen LogP contribution in [0.5, 0.6) is 0 Å². The molecule has 2 aliphatic heterocycles. The average Bonchev–Trinajstić information content (AvgIpc) is 2.70. The molecule has 0 aliphatic carbocycles. The lowest BCUT2D eigenvalue weighted by atomic mass is 9.91. The number of imide groups is 2. The number of hydrogen-bond acceptors (Lipinski definition) is 5. The summed E-state index contributed by atoms with van der Waals surface area (Å²) in [6, 6.07) is 2.75. The Morgan fingerprint density at radius 2 is 1.97 bits per heavy atom. The van der Waals surface area contributed by atoms with E-state index in [4.69, 9.17) is 0 Å². The largest absolute Gasteiger partial charge is 0.340 e. The van der Waals surface area contributed by atoms with Crippen molar-refractivity contribution in [2.24, 2.45) is 0 Å². The van der Waals surface area contributed by atoms with E-state index in [2.05, 4.69) is 33.5 Å². The molecule has 2 unspecified atom stereocenters. The minimum Gasteiger partial charge on any atom is -0.340 e. The standard InChI is InChI=1S/C21H24BrN3O5/c1-2-3-4-5-6-16(26)23-18-13-8-7-12(22)11-14(13)20(29)25(21(18)30)15-9-10-17(27)24-19(15)28/h7-8,11,15,18H,2-6,9-10H2,1H3,(H,23,26)(H,24,27,28). The Labute approximate surface area is 182 Å². The molecule has 1 aromatic carbocycles. The first kappa shape index (κ1) is 22.1. The lowest BCUT2D eigenvalue weighted by Gasteiger charge is -2.38. The van der Waals surface area contributed by atoms with Crippen LogP contribution >= 0.6 is 15.9 Å². The molecule has 2 atom stereocenters. The molecule has 1 aromatic rings. The van der Waals surface area contributed by atoms with Crippen molar-refractivity contribution in [3.63, 3.8) is 0 Å². The zero-order valence-electron chi connectivity index (χ0n) is 16.7. The van der Waals surface area contributed by atoms with E-state index in [0.717, 1.165) is 24.2 Å². The first-order valence-electron chi connectivity index (χ1n) is 10.1. The molecule has 30 heavy (non-hydrogen) atoms. The summed E-state index contributed by atoms with van der Waals surface area (Å²) in [4.78, 5) is 63.5. The number of amides is 5. The van der Waals surface area contributed by atoms with Crippen LogP contribution in [-0.4, -0.2) is 40.5 Å². The molecule has 2 aliphatic rings. The normalized spacial score (nSPS) is 21.3. The summed E-state index contributed by atoms with van der Waals surface area (Å²) in [5.74, 6) is -2.68. The summed E-state index contributed by atoms with van der Waals surface area (Å²) in [6.07, 6.45) is 4.09. The van der Waals surface area contributed by atoms with Gasteiger partial charge in [0.2, 0.25) is 17.7 Å². The number of fused-ring (bicyclic) bond motifs is 1. The second-order valence-electron chi connectivity index (χ2n) is 7.52. The van der Waals surface area contributed by atoms with Crippen LogP contribution in [0.2, 0.25) is 0 Å². The van der Waals surface area contributed by atoms with Crippen molar-refractivity contribution in [3.05, 3.63) is 33.8 Å². The molecule has 1 fully saturated rings. The third-order valence-electron chi connectivity index (χ3n) is 5.34. The van der Waals surface area contributed by atoms with Crippen molar-refractivity contribution in [1.82, 2.24) is 15.5 Å². The fraction of sp³-hybridized carbons (Fsp3) is 0.476. The van der Waals surface area contributed by atoms with Crippen molar-refractivity contribution < 1.29 is 24.0 Å². The van der Waals surface area contributed by atoms with Crippen molar-refractivity contribution in [1.29, 1.82) is 0 Å². The predicted octanol–water partition coefficient (Wildman–Crippen LogP) is 2.36. The summed E-state index contributed by atoms with van der Waals surface area (Å²) in [5, 5.41) is 4.92. The number of halogens is 1. The number of benzene rings is 1. The lowest BCUT2D eigenvalue weighted by Crippen LogP contribution is -2.60. The van der Waals surface area contributed by atoms with E-state index in [-0.39, 0.29) is 30.7 Å². The van der Waals surface area contributed by atoms with Crippen LogP contribution in [0.4, 0.5) is 0 Å². The van der Waals surface area contributed by atoms with Gasteiger partial charge >= 0.3 is 0 Å². The molecule has 1 saturated heterocycles. The fourth-order valence-corrected chi connectivity index (χ4v) is 4.14. The highest BCUT2D eigenvalue weighted by Crippen LogP contribution is 2.32. The first-order valence-corrected chi connectivity index (χ1v) is 10.9. The first-order chi connectivity index (χ1) is 14.3. The number of piperidine rings is 1. The maximum Gasteiger partial charge on any atom is 0.261 e. The van der Waals surface area contributed by atoms with Crippen molar-refractivity contribution in [2.75, 3.05) is 0 Å². The monoisotopic (exact) mass is 477 g/mol. The van der Waals surface area contributed by atoms with Crippen LogP contribution in [0.15, 0.2) is 22.7 Å². The van der Waals surface area contributed by atoms with Crippen LogP contribution in [0, 0.1) is 0 Å². The fourth-order valence-electron chi connectivity index (χ4n) is 3.78. The van der Waals surface area contributed by atoms with Gasteiger partial charge in [0.25, 0.3) is 11.8 Å². The lowest BCUT2D eigenvalue weighted by molar-refractivity contribution is -0.145. The summed E-state index contributed by atoms with van der Waals surface area (Å²) in [7, 11) is 0. The number of nitrogens with one attached hydrogen (secondary N) is 2. The Morgan fingerprint density at radius 3 is 2.67 bits per heavy atom. The zero-order chi connectivity index (χ0) is 21.8. The van der Waals surface area contributed by atoms with Crippen molar-refractivity contribution >= 4 is 45.5 Å². The molecule has 3 rings (SSSR count). The maximum absolute atomic E-state index is 13.2. The highest BCUT2D eigenvalue weighted by atomic mass is 79.9. The molecule has 160 valence electrons. The van der Waals surface area contributed by atoms with Gasteiger partial charge in [-0.1, -0.05) is 48.2 Å². The number of carbonyl (C=O) groups excluding carboxylic acids is 5. The minimum atomic E-state index is -1.08. The van der Waals surface area contributed by atoms with Gasteiger partial charge in [-0.2, -0.15) is 0 Å². The quantitative estimate of drug-likeness (QED) is 0.462. The van der Waals surface area contributed by atoms with Gasteiger partial charge in [0, 0.05) is 22.9 Å². The van der Waals surface area contributed by atoms with Crippen molar-refractivity contribution in [3.8, 4) is 0 Å². The third kappa shape index (κ3) is 4.61. The van der Waals surface area contributed by atoms with Gasteiger partial charge in [-0.25, -0.2) is 0 Å². The molecule has 0 saturated carbocycles. The van der Waals surface area contributed by atoms with Gasteiger partial charge in [0.05, 0.1) is 0 Å². The highest BCUT2D eigenvalue weighted by molar-refractivity contribution is 9.10. The topological polar surface area (TPSA) is 113 Å². The Hall–Kier alpha value is -2.55. The van der Waals surface area contributed by atoms with E-state index in [1.807, 2.05) is 0 Å². The molecule has 2 N–H and O–H groups in total. The molecule has 0 aromatic heterocycles. The number of carbonyl (C=O) groups is 5. The SMILES string of the molecule is CCCCCCC(=O)NC1C(=O)N(C2CCC(=O)NC2=O)C(=O)c2cc(Br)ccc21. The van der Waals surface area contributed by atoms with Gasteiger partial charge in [0.15, 0.2) is 0 Å².